The van der Waals surface area contributed by atoms with Crippen LogP contribution in [0.1, 0.15) is 38.8 Å². The highest BCUT2D eigenvalue weighted by molar-refractivity contribution is 5.68. The summed E-state index contributed by atoms with van der Waals surface area (Å²) in [4.78, 5) is 13.6. The lowest BCUT2D eigenvalue weighted by Gasteiger charge is -2.26. The number of carbonyl (C=O) groups is 1. The van der Waals surface area contributed by atoms with Crippen LogP contribution in [0.25, 0.3) is 0 Å². The van der Waals surface area contributed by atoms with Gasteiger partial charge in [0.25, 0.3) is 0 Å². The summed E-state index contributed by atoms with van der Waals surface area (Å²) in [5.41, 5.74) is 0.904. The molecule has 0 bridgehead atoms. The van der Waals surface area contributed by atoms with Gasteiger partial charge in [0, 0.05) is 6.54 Å². The molecule has 0 aliphatic rings. The predicted molar refractivity (Wildman–Crippen MR) is 73.5 cm³/mol. The Kier molecular flexibility index (Phi) is 4.94. The van der Waals surface area contributed by atoms with Gasteiger partial charge in [0.1, 0.15) is 5.60 Å². The summed E-state index contributed by atoms with van der Waals surface area (Å²) >= 11 is 0. The van der Waals surface area contributed by atoms with Gasteiger partial charge in [-0.3, -0.25) is 0 Å². The molecule has 1 amide bonds. The number of ether oxygens (including phenoxy) is 1. The Morgan fingerprint density at radius 3 is 2.53 bits per heavy atom. The van der Waals surface area contributed by atoms with Crippen LogP contribution in [-0.4, -0.2) is 23.1 Å². The maximum atomic E-state index is 12.0. The van der Waals surface area contributed by atoms with E-state index in [1.807, 2.05) is 45.9 Å². The Hall–Kier alpha value is -2.02. The Bertz CT molecular complexity index is 484. The zero-order valence-electron chi connectivity index (χ0n) is 11.9. The van der Waals surface area contributed by atoms with Gasteiger partial charge in [-0.25, -0.2) is 4.79 Å². The van der Waals surface area contributed by atoms with Crippen molar-refractivity contribution >= 4 is 6.09 Å². The fraction of sp³-hybridized carbons (Fsp3) is 0.467. The highest BCUT2D eigenvalue weighted by Gasteiger charge is 2.21. The fourth-order valence-corrected chi connectivity index (χ4v) is 1.60. The van der Waals surface area contributed by atoms with Gasteiger partial charge in [0.05, 0.1) is 18.2 Å². The third-order valence-corrected chi connectivity index (χ3v) is 2.53. The molecule has 0 unspecified atom stereocenters. The van der Waals surface area contributed by atoms with Crippen molar-refractivity contribution in [2.45, 2.75) is 39.8 Å². The molecule has 0 heterocycles. The number of hydrogen-bond acceptors (Lipinski definition) is 3. The zero-order valence-corrected chi connectivity index (χ0v) is 11.9. The van der Waals surface area contributed by atoms with E-state index in [1.165, 1.54) is 0 Å². The normalized spacial score (nSPS) is 10.7. The number of amides is 1. The van der Waals surface area contributed by atoms with Crippen molar-refractivity contribution in [2.75, 3.05) is 6.54 Å². The van der Waals surface area contributed by atoms with Crippen LogP contribution in [0.3, 0.4) is 0 Å². The first-order chi connectivity index (χ1) is 8.87. The van der Waals surface area contributed by atoms with Crippen LogP contribution in [0, 0.1) is 11.3 Å². The molecule has 19 heavy (non-hydrogen) atoms. The van der Waals surface area contributed by atoms with Crippen molar-refractivity contribution in [1.29, 1.82) is 5.26 Å². The second-order valence-electron chi connectivity index (χ2n) is 5.26. The topological polar surface area (TPSA) is 53.3 Å². The summed E-state index contributed by atoms with van der Waals surface area (Å²) in [6.07, 6.45) is -0.359. The lowest BCUT2D eigenvalue weighted by atomic mass is 10.1. The van der Waals surface area contributed by atoms with Crippen molar-refractivity contribution in [3.8, 4) is 6.07 Å². The molecule has 0 aliphatic heterocycles. The molecule has 0 aliphatic carbocycles. The molecule has 4 heteroatoms. The third-order valence-electron chi connectivity index (χ3n) is 2.53. The summed E-state index contributed by atoms with van der Waals surface area (Å²) in [6.45, 7) is 8.31. The summed E-state index contributed by atoms with van der Waals surface area (Å²) in [6, 6.07) is 9.41. The number of rotatable bonds is 3. The van der Waals surface area contributed by atoms with E-state index in [4.69, 9.17) is 10.00 Å². The van der Waals surface area contributed by atoms with E-state index in [0.717, 1.165) is 5.56 Å². The molecule has 4 nitrogen and oxygen atoms in total. The SMILES string of the molecule is CCN(Cc1ccccc1C#N)C(=O)OC(C)(C)C. The number of carbonyl (C=O) groups excluding carboxylic acids is 1. The van der Waals surface area contributed by atoms with Gasteiger partial charge in [-0.1, -0.05) is 18.2 Å². The van der Waals surface area contributed by atoms with Gasteiger partial charge in [0.15, 0.2) is 0 Å². The zero-order chi connectivity index (χ0) is 14.5. The van der Waals surface area contributed by atoms with Crippen LogP contribution in [-0.2, 0) is 11.3 Å². The van der Waals surface area contributed by atoms with Crippen molar-refractivity contribution in [3.05, 3.63) is 35.4 Å². The standard InChI is InChI=1S/C15H20N2O2/c1-5-17(14(18)19-15(2,3)4)11-13-9-7-6-8-12(13)10-16/h6-9H,5,11H2,1-4H3. The molecule has 0 aromatic heterocycles. The molecular formula is C15H20N2O2. The Morgan fingerprint density at radius 2 is 2.00 bits per heavy atom. The quantitative estimate of drug-likeness (QED) is 0.837. The van der Waals surface area contributed by atoms with Crippen molar-refractivity contribution in [1.82, 2.24) is 4.90 Å². The van der Waals surface area contributed by atoms with Gasteiger partial charge < -0.3 is 9.64 Å². The highest BCUT2D eigenvalue weighted by Crippen LogP contribution is 2.14. The van der Waals surface area contributed by atoms with E-state index in [-0.39, 0.29) is 6.09 Å². The molecule has 0 N–H and O–H groups in total. The summed E-state index contributed by atoms with van der Waals surface area (Å²) < 4.78 is 5.34. The summed E-state index contributed by atoms with van der Waals surface area (Å²) in [5, 5.41) is 9.04. The average Bonchev–Trinajstić information content (AvgIpc) is 2.34. The lowest BCUT2D eigenvalue weighted by molar-refractivity contribution is 0.0244. The van der Waals surface area contributed by atoms with Crippen molar-refractivity contribution in [2.24, 2.45) is 0 Å². The monoisotopic (exact) mass is 260 g/mol. The Balaban J connectivity index is 2.83. The Labute approximate surface area is 114 Å². The van der Waals surface area contributed by atoms with Crippen LogP contribution in [0.5, 0.6) is 0 Å². The molecule has 0 radical (unpaired) electrons. The first-order valence-corrected chi connectivity index (χ1v) is 6.33. The minimum absolute atomic E-state index is 0.359. The largest absolute Gasteiger partial charge is 0.444 e. The van der Waals surface area contributed by atoms with E-state index in [2.05, 4.69) is 6.07 Å². The molecule has 1 rings (SSSR count). The number of nitrogens with zero attached hydrogens (tertiary/aromatic N) is 2. The van der Waals surface area contributed by atoms with E-state index in [1.54, 1.807) is 11.0 Å². The first-order valence-electron chi connectivity index (χ1n) is 6.33. The number of nitriles is 1. The van der Waals surface area contributed by atoms with E-state index in [0.29, 0.717) is 18.7 Å². The van der Waals surface area contributed by atoms with Gasteiger partial charge >= 0.3 is 6.09 Å². The van der Waals surface area contributed by atoms with Crippen LogP contribution < -0.4 is 0 Å². The maximum absolute atomic E-state index is 12.0. The maximum Gasteiger partial charge on any atom is 0.410 e. The van der Waals surface area contributed by atoms with E-state index in [9.17, 15) is 4.79 Å². The molecular weight excluding hydrogens is 240 g/mol. The smallest absolute Gasteiger partial charge is 0.410 e. The second-order valence-corrected chi connectivity index (χ2v) is 5.26. The van der Waals surface area contributed by atoms with Crippen molar-refractivity contribution < 1.29 is 9.53 Å². The first kappa shape index (κ1) is 15.0. The van der Waals surface area contributed by atoms with E-state index >= 15 is 0 Å². The molecule has 0 fully saturated rings. The third kappa shape index (κ3) is 4.63. The Morgan fingerprint density at radius 1 is 1.37 bits per heavy atom. The van der Waals surface area contributed by atoms with Gasteiger partial charge in [-0.2, -0.15) is 5.26 Å². The summed E-state index contributed by atoms with van der Waals surface area (Å²) in [7, 11) is 0. The average molecular weight is 260 g/mol. The fourth-order valence-electron chi connectivity index (χ4n) is 1.60. The molecule has 0 saturated heterocycles. The molecule has 0 saturated carbocycles. The van der Waals surface area contributed by atoms with Crippen LogP contribution >= 0.6 is 0 Å². The van der Waals surface area contributed by atoms with Crippen molar-refractivity contribution in [3.63, 3.8) is 0 Å². The molecule has 102 valence electrons. The number of benzene rings is 1. The second kappa shape index (κ2) is 6.24. The molecule has 1 aromatic rings. The van der Waals surface area contributed by atoms with Crippen LogP contribution in [0.4, 0.5) is 4.79 Å². The van der Waals surface area contributed by atoms with Gasteiger partial charge in [-0.15, -0.1) is 0 Å². The molecule has 1 aromatic carbocycles. The number of hydrogen-bond donors (Lipinski definition) is 0. The molecule has 0 spiro atoms. The minimum Gasteiger partial charge on any atom is -0.444 e. The van der Waals surface area contributed by atoms with E-state index < -0.39 is 5.60 Å². The van der Waals surface area contributed by atoms with Crippen LogP contribution in [0.2, 0.25) is 0 Å². The lowest BCUT2D eigenvalue weighted by Crippen LogP contribution is -2.36. The minimum atomic E-state index is -0.515. The predicted octanol–water partition coefficient (Wildman–Crippen LogP) is 3.32. The van der Waals surface area contributed by atoms with Gasteiger partial charge in [-0.05, 0) is 39.3 Å². The highest BCUT2D eigenvalue weighted by atomic mass is 16.6. The summed E-state index contributed by atoms with van der Waals surface area (Å²) in [5.74, 6) is 0. The van der Waals surface area contributed by atoms with Crippen LogP contribution in [0.15, 0.2) is 24.3 Å². The van der Waals surface area contributed by atoms with Gasteiger partial charge in [0.2, 0.25) is 0 Å². The molecule has 0 atom stereocenters.